The van der Waals surface area contributed by atoms with Crippen LogP contribution in [0.5, 0.6) is 0 Å². The molecule has 3 unspecified atom stereocenters. The Morgan fingerprint density at radius 3 is 2.68 bits per heavy atom. The number of ether oxygens (including phenoxy) is 1. The number of carbonyl (C=O) groups is 1. The van der Waals surface area contributed by atoms with Crippen LogP contribution in [0.2, 0.25) is 0 Å². The molecule has 0 saturated carbocycles. The number of fused-ring (bicyclic) bond motifs is 2. The second-order valence-electron chi connectivity index (χ2n) is 5.77. The lowest BCUT2D eigenvalue weighted by Crippen LogP contribution is -2.47. The van der Waals surface area contributed by atoms with E-state index in [9.17, 15) is 4.79 Å². The Kier molecular flexibility index (Phi) is 3.31. The quantitative estimate of drug-likeness (QED) is 0.764. The van der Waals surface area contributed by atoms with Gasteiger partial charge in [0, 0.05) is 18.0 Å². The zero-order valence-corrected chi connectivity index (χ0v) is 11.6. The van der Waals surface area contributed by atoms with Gasteiger partial charge in [0.25, 0.3) is 0 Å². The molecule has 0 radical (unpaired) electrons. The van der Waals surface area contributed by atoms with E-state index >= 15 is 0 Å². The molecular weight excluding hydrogens is 238 g/mol. The number of rotatable bonds is 2. The van der Waals surface area contributed by atoms with E-state index in [-0.39, 0.29) is 17.8 Å². The van der Waals surface area contributed by atoms with Crippen molar-refractivity contribution in [1.29, 1.82) is 0 Å². The normalized spacial score (nSPS) is 34.2. The molecule has 3 nitrogen and oxygen atoms in total. The van der Waals surface area contributed by atoms with Gasteiger partial charge in [-0.25, -0.2) is 0 Å². The molecule has 0 amide bonds. The van der Waals surface area contributed by atoms with Crippen molar-refractivity contribution < 1.29 is 9.53 Å². The van der Waals surface area contributed by atoms with E-state index in [0.717, 1.165) is 6.42 Å². The second-order valence-corrected chi connectivity index (χ2v) is 5.77. The number of carbonyl (C=O) groups excluding carboxylic acids is 1. The van der Waals surface area contributed by atoms with Crippen LogP contribution in [-0.2, 0) is 9.53 Å². The molecule has 0 N–H and O–H groups in total. The number of hydrogen-bond donors (Lipinski definition) is 0. The Labute approximate surface area is 114 Å². The maximum Gasteiger partial charge on any atom is 0.309 e. The highest BCUT2D eigenvalue weighted by Gasteiger charge is 2.48. The average Bonchev–Trinajstić information content (AvgIpc) is 2.70. The minimum atomic E-state index is -0.0427. The monoisotopic (exact) mass is 259 g/mol. The van der Waals surface area contributed by atoms with E-state index in [0.29, 0.717) is 12.1 Å². The number of nitrogens with zero attached hydrogens (tertiary/aromatic N) is 1. The third-order valence-corrected chi connectivity index (χ3v) is 4.96. The van der Waals surface area contributed by atoms with Crippen LogP contribution in [0.15, 0.2) is 30.3 Å². The lowest BCUT2D eigenvalue weighted by molar-refractivity contribution is -0.149. The lowest BCUT2D eigenvalue weighted by Gasteiger charge is -2.42. The molecular formula is C16H21NO2. The minimum absolute atomic E-state index is 0.0149. The molecule has 3 heteroatoms. The van der Waals surface area contributed by atoms with Gasteiger partial charge < -0.3 is 4.74 Å². The first-order valence-corrected chi connectivity index (χ1v) is 7.07. The summed E-state index contributed by atoms with van der Waals surface area (Å²) in [5.74, 6) is 0.248. The van der Waals surface area contributed by atoms with Crippen LogP contribution in [0.3, 0.4) is 0 Å². The first-order chi connectivity index (χ1) is 9.22. The van der Waals surface area contributed by atoms with Gasteiger partial charge in [-0.1, -0.05) is 30.3 Å². The summed E-state index contributed by atoms with van der Waals surface area (Å²) < 4.78 is 5.04. The van der Waals surface area contributed by atoms with Crippen molar-refractivity contribution in [2.45, 2.75) is 37.3 Å². The van der Waals surface area contributed by atoms with Gasteiger partial charge in [0.15, 0.2) is 0 Å². The maximum absolute atomic E-state index is 12.1. The number of methoxy groups -OCH3 is 1. The summed E-state index contributed by atoms with van der Waals surface area (Å²) >= 11 is 0. The molecule has 3 rings (SSSR count). The SMILES string of the molecule is COC(=O)C1CC2CC[C@H](C1c1ccccc1)N2C. The average molecular weight is 259 g/mol. The Hall–Kier alpha value is -1.35. The number of hydrogen-bond acceptors (Lipinski definition) is 3. The molecule has 0 aromatic heterocycles. The maximum atomic E-state index is 12.1. The summed E-state index contributed by atoms with van der Waals surface area (Å²) in [5, 5.41) is 0. The predicted molar refractivity (Wildman–Crippen MR) is 73.9 cm³/mol. The van der Waals surface area contributed by atoms with Crippen molar-refractivity contribution in [2.75, 3.05) is 14.2 Å². The highest BCUT2D eigenvalue weighted by atomic mass is 16.5. The summed E-state index contributed by atoms with van der Waals surface area (Å²) in [6.45, 7) is 0. The Morgan fingerprint density at radius 1 is 1.26 bits per heavy atom. The van der Waals surface area contributed by atoms with Crippen molar-refractivity contribution in [2.24, 2.45) is 5.92 Å². The molecule has 19 heavy (non-hydrogen) atoms. The number of piperidine rings is 1. The topological polar surface area (TPSA) is 29.5 Å². The van der Waals surface area contributed by atoms with Gasteiger partial charge in [-0.2, -0.15) is 0 Å². The molecule has 2 fully saturated rings. The second kappa shape index (κ2) is 4.97. The molecule has 4 atom stereocenters. The molecule has 0 aliphatic carbocycles. The molecule has 1 aromatic carbocycles. The van der Waals surface area contributed by atoms with E-state index in [4.69, 9.17) is 4.74 Å². The third-order valence-electron chi connectivity index (χ3n) is 4.96. The fraction of sp³-hybridized carbons (Fsp3) is 0.562. The molecule has 2 heterocycles. The molecule has 2 saturated heterocycles. The summed E-state index contributed by atoms with van der Waals surface area (Å²) in [5.41, 5.74) is 1.27. The first kappa shape index (κ1) is 12.7. The molecule has 1 aromatic rings. The molecule has 102 valence electrons. The minimum Gasteiger partial charge on any atom is -0.469 e. The van der Waals surface area contributed by atoms with E-state index in [1.165, 1.54) is 25.5 Å². The molecule has 2 aliphatic rings. The van der Waals surface area contributed by atoms with Gasteiger partial charge >= 0.3 is 5.97 Å². The zero-order chi connectivity index (χ0) is 13.4. The fourth-order valence-corrected chi connectivity index (χ4v) is 3.99. The van der Waals surface area contributed by atoms with Crippen LogP contribution in [0.25, 0.3) is 0 Å². The number of benzene rings is 1. The summed E-state index contributed by atoms with van der Waals surface area (Å²) in [6, 6.07) is 11.5. The first-order valence-electron chi connectivity index (χ1n) is 7.07. The standard InChI is InChI=1S/C16H21NO2/c1-17-12-8-9-14(17)15(11-6-4-3-5-7-11)13(10-12)16(18)19-2/h3-7,12-15H,8-10H2,1-2H3/t12?,13?,14-,15?/m1/s1. The van der Waals surface area contributed by atoms with Crippen LogP contribution in [0, 0.1) is 5.92 Å². The summed E-state index contributed by atoms with van der Waals surface area (Å²) in [4.78, 5) is 14.6. The van der Waals surface area contributed by atoms with E-state index < -0.39 is 0 Å². The van der Waals surface area contributed by atoms with Gasteiger partial charge in [-0.3, -0.25) is 9.69 Å². The van der Waals surface area contributed by atoms with Gasteiger partial charge in [0.05, 0.1) is 13.0 Å². The lowest BCUT2D eigenvalue weighted by atomic mass is 9.76. The third kappa shape index (κ3) is 2.06. The Bertz CT molecular complexity index is 459. The number of esters is 1. The smallest absolute Gasteiger partial charge is 0.309 e. The van der Waals surface area contributed by atoms with Crippen LogP contribution in [0.4, 0.5) is 0 Å². The van der Waals surface area contributed by atoms with Gasteiger partial charge in [-0.05, 0) is 31.9 Å². The molecule has 2 bridgehead atoms. The van der Waals surface area contributed by atoms with Crippen molar-refractivity contribution >= 4 is 5.97 Å². The van der Waals surface area contributed by atoms with E-state index in [1.807, 2.05) is 6.07 Å². The van der Waals surface area contributed by atoms with E-state index in [1.54, 1.807) is 0 Å². The molecule has 0 spiro atoms. The Balaban J connectivity index is 1.97. The highest BCUT2D eigenvalue weighted by molar-refractivity contribution is 5.74. The summed E-state index contributed by atoms with van der Waals surface area (Å²) in [6.07, 6.45) is 3.32. The predicted octanol–water partition coefficient (Wildman–Crippen LogP) is 2.43. The van der Waals surface area contributed by atoms with E-state index in [2.05, 4.69) is 36.2 Å². The van der Waals surface area contributed by atoms with Crippen molar-refractivity contribution in [3.63, 3.8) is 0 Å². The van der Waals surface area contributed by atoms with Gasteiger partial charge in [-0.15, -0.1) is 0 Å². The van der Waals surface area contributed by atoms with Crippen molar-refractivity contribution in [3.8, 4) is 0 Å². The fourth-order valence-electron chi connectivity index (χ4n) is 3.99. The highest BCUT2D eigenvalue weighted by Crippen LogP contribution is 2.46. The largest absolute Gasteiger partial charge is 0.469 e. The Morgan fingerprint density at radius 2 is 2.00 bits per heavy atom. The van der Waals surface area contributed by atoms with Crippen LogP contribution in [0.1, 0.15) is 30.7 Å². The van der Waals surface area contributed by atoms with Crippen LogP contribution < -0.4 is 0 Å². The van der Waals surface area contributed by atoms with Gasteiger partial charge in [0.2, 0.25) is 0 Å². The van der Waals surface area contributed by atoms with Gasteiger partial charge in [0.1, 0.15) is 0 Å². The van der Waals surface area contributed by atoms with Crippen molar-refractivity contribution in [1.82, 2.24) is 4.90 Å². The zero-order valence-electron chi connectivity index (χ0n) is 11.6. The van der Waals surface area contributed by atoms with Crippen molar-refractivity contribution in [3.05, 3.63) is 35.9 Å². The van der Waals surface area contributed by atoms with Crippen LogP contribution in [-0.4, -0.2) is 37.1 Å². The number of likely N-dealkylation sites (N-methyl/N-ethyl adjacent to an activating group) is 1. The molecule has 2 aliphatic heterocycles. The van der Waals surface area contributed by atoms with Crippen LogP contribution >= 0.6 is 0 Å². The summed E-state index contributed by atoms with van der Waals surface area (Å²) in [7, 11) is 3.70.